The number of sulfone groups is 2. The van der Waals surface area contributed by atoms with Crippen LogP contribution in [0.4, 0.5) is 11.8 Å². The molecule has 0 radical (unpaired) electrons. The standard InChI is InChI=1S/C23H19N5O3S.C22H21N7O.C20H24N6O3S.6H2/c1-14(2)32(29,30)19-9-7-17(8-10-19)20-13-25-15(3)21(26-20)23-28-27-22(31-23)18-6-4-5-16(11-18)12-24;1-15-20(22-28-27-21(30-22)16-5-3-2-4-6-16)26-18(14-24-15)17-7-8-19(25-13-17)29-11-9-23-10-12-29;1-12(2)30(27,28)16-6-4-14(5-7-16)17-10-22-13(3)18(23-17)19-24-25-20(29-19)26-9-8-15(21)11-26;;;;;;/h4-11,13-14H,1-3H3;2-8,13-14,23H,9-12H2,1H3;4-7,10,12,15H,8-9,11,21H2,1-3H3;6*1H. The smallest absolute Gasteiger partial charge is 0.318 e. The molecule has 2 aliphatic rings. The second-order valence-corrected chi connectivity index (χ2v) is 27.2. The Morgan fingerprint density at radius 1 is 0.522 bits per heavy atom. The molecule has 92 heavy (non-hydrogen) atoms. The minimum absolute atomic E-state index is 0. The number of nitrogens with zero attached hydrogens (tertiary/aromatic N) is 16. The molecule has 480 valence electrons. The zero-order valence-corrected chi connectivity index (χ0v) is 53.0. The molecule has 3 N–H and O–H groups in total. The molecule has 27 heteroatoms. The summed E-state index contributed by atoms with van der Waals surface area (Å²) >= 11 is 0. The van der Waals surface area contributed by atoms with Gasteiger partial charge < -0.3 is 34.1 Å². The average Bonchev–Trinajstić information content (AvgIpc) is 1.34. The Kier molecular flexibility index (Phi) is 18.8. The molecule has 0 amide bonds. The van der Waals surface area contributed by atoms with Crippen LogP contribution in [0.25, 0.3) is 91.4 Å². The van der Waals surface area contributed by atoms with Gasteiger partial charge in [-0.1, -0.05) is 53.6 Å². The molecule has 1 atom stereocenters. The number of anilines is 2. The van der Waals surface area contributed by atoms with Gasteiger partial charge in [-0.05, 0) is 122 Å². The van der Waals surface area contributed by atoms with Gasteiger partial charge in [-0.2, -0.15) is 5.26 Å². The van der Waals surface area contributed by atoms with E-state index in [9.17, 15) is 16.8 Å². The third-order valence-electron chi connectivity index (χ3n) is 15.2. The lowest BCUT2D eigenvalue weighted by Gasteiger charge is -2.28. The minimum atomic E-state index is -3.35. The Morgan fingerprint density at radius 2 is 0.989 bits per heavy atom. The van der Waals surface area contributed by atoms with Gasteiger partial charge in [0.05, 0.1) is 84.7 Å². The Balaban J connectivity index is 0.000000258. The summed E-state index contributed by atoms with van der Waals surface area (Å²) in [7, 11) is -6.68. The number of hydrogen-bond donors (Lipinski definition) is 2. The van der Waals surface area contributed by atoms with E-state index in [0.29, 0.717) is 80.9 Å². The molecule has 0 spiro atoms. The maximum absolute atomic E-state index is 12.3. The molecule has 0 saturated carbocycles. The van der Waals surface area contributed by atoms with Crippen molar-refractivity contribution in [2.75, 3.05) is 49.1 Å². The van der Waals surface area contributed by atoms with Gasteiger partial charge in [-0.25, -0.2) is 36.8 Å². The first kappa shape index (κ1) is 63.2. The summed E-state index contributed by atoms with van der Waals surface area (Å²) in [5, 5.41) is 36.2. The van der Waals surface area contributed by atoms with Crippen LogP contribution in [0.2, 0.25) is 0 Å². The number of pyridine rings is 1. The largest absolute Gasteiger partial charge is 0.415 e. The Hall–Kier alpha value is -10.4. The van der Waals surface area contributed by atoms with Crippen LogP contribution in [0.15, 0.2) is 163 Å². The molecule has 7 aromatic heterocycles. The first-order chi connectivity index (χ1) is 44.3. The number of benzene rings is 4. The molecule has 4 aromatic carbocycles. The number of nitriles is 1. The van der Waals surface area contributed by atoms with Crippen molar-refractivity contribution in [3.05, 3.63) is 163 Å². The molecule has 0 aliphatic carbocycles. The third-order valence-corrected chi connectivity index (χ3v) is 19.5. The summed E-state index contributed by atoms with van der Waals surface area (Å²) in [5.74, 6) is 2.55. The molecular weight excluding hydrogens is 1210 g/mol. The Labute approximate surface area is 540 Å². The normalized spacial score (nSPS) is 14.2. The van der Waals surface area contributed by atoms with Crippen LogP contribution >= 0.6 is 0 Å². The van der Waals surface area contributed by atoms with Crippen LogP contribution in [-0.2, 0) is 19.7 Å². The van der Waals surface area contributed by atoms with Crippen LogP contribution < -0.4 is 20.9 Å². The number of aryl methyl sites for hydroxylation is 3. The molecule has 2 fully saturated rings. The predicted molar refractivity (Wildman–Crippen MR) is 357 cm³/mol. The second-order valence-electron chi connectivity index (χ2n) is 22.2. The van der Waals surface area contributed by atoms with Gasteiger partial charge in [0, 0.05) is 87.9 Å². The molecule has 2 aliphatic heterocycles. The minimum Gasteiger partial charge on any atom is -0.415 e. The van der Waals surface area contributed by atoms with E-state index in [2.05, 4.69) is 76.8 Å². The van der Waals surface area contributed by atoms with Gasteiger partial charge in [-0.15, -0.1) is 25.5 Å². The maximum Gasteiger partial charge on any atom is 0.318 e. The zero-order chi connectivity index (χ0) is 64.7. The summed E-state index contributed by atoms with van der Waals surface area (Å²) < 4.78 is 66.9. The highest BCUT2D eigenvalue weighted by Crippen LogP contribution is 2.32. The van der Waals surface area contributed by atoms with E-state index in [4.69, 9.17) is 29.2 Å². The fourth-order valence-electron chi connectivity index (χ4n) is 9.74. The van der Waals surface area contributed by atoms with Crippen LogP contribution in [0.5, 0.6) is 0 Å². The summed E-state index contributed by atoms with van der Waals surface area (Å²) in [6, 6.07) is 36.4. The number of nitrogens with one attached hydrogen (secondary N) is 1. The van der Waals surface area contributed by atoms with Crippen LogP contribution in [0.1, 0.15) is 65.3 Å². The van der Waals surface area contributed by atoms with Gasteiger partial charge in [0.25, 0.3) is 17.7 Å². The van der Waals surface area contributed by atoms with Crippen LogP contribution in [0.3, 0.4) is 0 Å². The Bertz CT molecular complexity index is 4700. The van der Waals surface area contributed by atoms with E-state index >= 15 is 0 Å². The molecule has 25 nitrogen and oxygen atoms in total. The van der Waals surface area contributed by atoms with Crippen molar-refractivity contribution in [1.82, 2.24) is 70.8 Å². The lowest BCUT2D eigenvalue weighted by atomic mass is 10.1. The molecule has 2 saturated heterocycles. The number of aromatic nitrogens is 13. The molecule has 1 unspecified atom stereocenters. The average molecular weight is 1290 g/mol. The van der Waals surface area contributed by atoms with E-state index in [1.807, 2.05) is 67.4 Å². The fraction of sp³-hybridized carbons (Fsp3) is 0.262. The van der Waals surface area contributed by atoms with E-state index in [0.717, 1.165) is 73.0 Å². The summed E-state index contributed by atoms with van der Waals surface area (Å²) in [5.41, 5.74) is 15.6. The van der Waals surface area contributed by atoms with E-state index in [1.54, 1.807) is 126 Å². The fourth-order valence-corrected chi connectivity index (χ4v) is 11.9. The quantitative estimate of drug-likeness (QED) is 0.102. The predicted octanol–water partition coefficient (Wildman–Crippen LogP) is 10.9. The van der Waals surface area contributed by atoms with Gasteiger partial charge in [0.1, 0.15) is 22.9 Å². The second kappa shape index (κ2) is 27.4. The van der Waals surface area contributed by atoms with Crippen molar-refractivity contribution in [2.24, 2.45) is 5.73 Å². The highest BCUT2D eigenvalue weighted by atomic mass is 32.2. The van der Waals surface area contributed by atoms with Crippen molar-refractivity contribution in [2.45, 2.75) is 81.2 Å². The number of piperazine rings is 1. The highest BCUT2D eigenvalue weighted by molar-refractivity contribution is 7.92. The molecular formula is C65H76N18O7S2. The zero-order valence-electron chi connectivity index (χ0n) is 51.4. The molecule has 0 bridgehead atoms. The maximum atomic E-state index is 12.3. The molecule has 9 heterocycles. The molecule has 13 rings (SSSR count). The number of hydrogen-bond acceptors (Lipinski definition) is 25. The van der Waals surface area contributed by atoms with Gasteiger partial charge in [0.2, 0.25) is 11.8 Å². The monoisotopic (exact) mass is 1280 g/mol. The van der Waals surface area contributed by atoms with Crippen LogP contribution in [0, 0.1) is 32.1 Å². The lowest BCUT2D eigenvalue weighted by Crippen LogP contribution is -2.43. The number of nitrogens with two attached hydrogens (primary N) is 1. The van der Waals surface area contributed by atoms with Crippen LogP contribution in [-0.4, -0.2) is 138 Å². The highest BCUT2D eigenvalue weighted by Gasteiger charge is 2.27. The SMILES string of the molecule is Cc1ncc(-c2ccc(N3CCNCC3)nc2)nc1-c1nnc(-c2ccccc2)o1.Cc1ncc(-c2ccc(S(=O)(=O)C(C)C)cc2)nc1-c1nnc(-c2cccc(C#N)c2)o1.Cc1ncc(-c2ccc(S(=O)(=O)C(C)C)cc2)nc1-c1nnc(N2CCC(N)C2)o1.[HH].[HH].[HH].[HH].[HH].[HH]. The van der Waals surface area contributed by atoms with Gasteiger partial charge >= 0.3 is 6.01 Å². The van der Waals surface area contributed by atoms with E-state index in [1.165, 1.54) is 0 Å². The van der Waals surface area contributed by atoms with Gasteiger partial charge in [0.15, 0.2) is 19.7 Å². The molecule has 11 aromatic rings. The van der Waals surface area contributed by atoms with Crippen molar-refractivity contribution in [3.8, 4) is 97.5 Å². The summed E-state index contributed by atoms with van der Waals surface area (Å²) in [4.78, 5) is 36.7. The van der Waals surface area contributed by atoms with Crippen molar-refractivity contribution in [3.63, 3.8) is 0 Å². The van der Waals surface area contributed by atoms with Crippen molar-refractivity contribution in [1.29, 1.82) is 5.26 Å². The summed E-state index contributed by atoms with van der Waals surface area (Å²) in [6.45, 7) is 17.4. The summed E-state index contributed by atoms with van der Waals surface area (Å²) in [6.07, 6.45) is 7.72. The van der Waals surface area contributed by atoms with Crippen molar-refractivity contribution >= 4 is 31.5 Å². The van der Waals surface area contributed by atoms with E-state index < -0.39 is 30.2 Å². The van der Waals surface area contributed by atoms with E-state index in [-0.39, 0.29) is 42.1 Å². The van der Waals surface area contributed by atoms with Crippen molar-refractivity contribution < 1.29 is 38.6 Å². The topological polar surface area (TPSA) is 344 Å². The first-order valence-corrected chi connectivity index (χ1v) is 32.6. The Morgan fingerprint density at radius 3 is 1.47 bits per heavy atom. The van der Waals surface area contributed by atoms with Gasteiger partial charge in [-0.3, -0.25) is 15.0 Å². The third kappa shape index (κ3) is 14.1. The lowest BCUT2D eigenvalue weighted by molar-refractivity contribution is 0.553. The number of rotatable bonds is 14. The first-order valence-electron chi connectivity index (χ1n) is 29.5.